The highest BCUT2D eigenvalue weighted by molar-refractivity contribution is 6.31. The van der Waals surface area contributed by atoms with Crippen molar-refractivity contribution in [3.63, 3.8) is 0 Å². The van der Waals surface area contributed by atoms with Crippen LogP contribution in [0.5, 0.6) is 5.75 Å². The third kappa shape index (κ3) is 3.83. The molecule has 0 aliphatic carbocycles. The number of aromatic hydroxyl groups is 1. The van der Waals surface area contributed by atoms with Gasteiger partial charge in [-0.2, -0.15) is 0 Å². The van der Waals surface area contributed by atoms with Crippen molar-refractivity contribution in [3.05, 3.63) is 47.5 Å². The van der Waals surface area contributed by atoms with Gasteiger partial charge in [0.05, 0.1) is 37.0 Å². The van der Waals surface area contributed by atoms with E-state index in [0.717, 1.165) is 16.7 Å². The van der Waals surface area contributed by atoms with Crippen LogP contribution in [-0.4, -0.2) is 54.6 Å². The van der Waals surface area contributed by atoms with Gasteiger partial charge in [-0.1, -0.05) is 23.7 Å². The van der Waals surface area contributed by atoms with Crippen LogP contribution < -0.4 is 4.90 Å². The number of para-hydroxylation sites is 1. The molecule has 2 heterocycles. The first-order valence-electron chi connectivity index (χ1n) is 8.78. The number of fused-ring (bicyclic) bond motifs is 1. The highest BCUT2D eigenvalue weighted by Gasteiger charge is 2.20. The number of rotatable bonds is 4. The van der Waals surface area contributed by atoms with Gasteiger partial charge in [0.25, 0.3) is 0 Å². The summed E-state index contributed by atoms with van der Waals surface area (Å²) in [4.78, 5) is 11.4. The lowest BCUT2D eigenvalue weighted by atomic mass is 10.1. The largest absolute Gasteiger partial charge is 0.507 e. The molecule has 0 spiro atoms. The van der Waals surface area contributed by atoms with Gasteiger partial charge in [0, 0.05) is 24.0 Å². The van der Waals surface area contributed by atoms with Crippen LogP contribution >= 0.6 is 11.6 Å². The molecule has 1 aromatic heterocycles. The Morgan fingerprint density at radius 1 is 1.19 bits per heavy atom. The van der Waals surface area contributed by atoms with E-state index in [-0.39, 0.29) is 11.9 Å². The number of benzene rings is 2. The second-order valence-corrected chi connectivity index (χ2v) is 6.93. The molecule has 2 aromatic carbocycles. The monoisotopic (exact) mass is 385 g/mol. The average Bonchev–Trinajstić information content (AvgIpc) is 2.68. The zero-order valence-corrected chi connectivity index (χ0v) is 15.7. The fourth-order valence-corrected chi connectivity index (χ4v) is 3.36. The fraction of sp³-hybridized carbons (Fsp3) is 0.300. The maximum absolute atomic E-state index is 10.2. The third-order valence-corrected chi connectivity index (χ3v) is 4.74. The number of ether oxygens (including phenoxy) is 2. The molecule has 3 aromatic rings. The topological polar surface area (TPSA) is 67.7 Å². The van der Waals surface area contributed by atoms with Crippen molar-refractivity contribution in [1.29, 1.82) is 0 Å². The first-order valence-corrected chi connectivity index (χ1v) is 9.16. The van der Waals surface area contributed by atoms with E-state index in [9.17, 15) is 5.11 Å². The molecule has 1 aliphatic heterocycles. The maximum Gasteiger partial charge on any atom is 0.165 e. The summed E-state index contributed by atoms with van der Waals surface area (Å²) in [5.74, 6) is 1.34. The number of hydrogen-bond donors (Lipinski definition) is 1. The van der Waals surface area contributed by atoms with Crippen molar-refractivity contribution >= 4 is 28.3 Å². The SMILES string of the molecule is CN(CC1COCCO1)c1nc(-c2ccccc2O)nc2cc(Cl)ccc12. The van der Waals surface area contributed by atoms with Gasteiger partial charge in [-0.05, 0) is 30.3 Å². The van der Waals surface area contributed by atoms with E-state index in [2.05, 4.69) is 4.98 Å². The van der Waals surface area contributed by atoms with E-state index in [4.69, 9.17) is 26.1 Å². The fourth-order valence-electron chi connectivity index (χ4n) is 3.19. The van der Waals surface area contributed by atoms with E-state index in [0.29, 0.717) is 42.8 Å². The van der Waals surface area contributed by atoms with Crippen molar-refractivity contribution in [3.8, 4) is 17.1 Å². The zero-order valence-electron chi connectivity index (χ0n) is 14.9. The van der Waals surface area contributed by atoms with E-state index in [1.54, 1.807) is 24.3 Å². The van der Waals surface area contributed by atoms with Crippen LogP contribution in [0, 0.1) is 0 Å². The van der Waals surface area contributed by atoms with Gasteiger partial charge >= 0.3 is 0 Å². The summed E-state index contributed by atoms with van der Waals surface area (Å²) in [6.07, 6.45) is -0.0188. The second kappa shape index (κ2) is 7.68. The van der Waals surface area contributed by atoms with Crippen LogP contribution in [-0.2, 0) is 9.47 Å². The molecule has 7 heteroatoms. The van der Waals surface area contributed by atoms with Crippen molar-refractivity contribution < 1.29 is 14.6 Å². The number of likely N-dealkylation sites (N-methyl/N-ethyl adjacent to an activating group) is 1. The maximum atomic E-state index is 10.2. The van der Waals surface area contributed by atoms with E-state index in [1.165, 1.54) is 0 Å². The molecule has 0 amide bonds. The first kappa shape index (κ1) is 18.0. The highest BCUT2D eigenvalue weighted by Crippen LogP contribution is 2.32. The molecule has 1 saturated heterocycles. The Balaban J connectivity index is 1.78. The summed E-state index contributed by atoms with van der Waals surface area (Å²) < 4.78 is 11.3. The van der Waals surface area contributed by atoms with Crippen LogP contribution in [0.1, 0.15) is 0 Å². The molecular formula is C20H20ClN3O3. The van der Waals surface area contributed by atoms with Gasteiger partial charge in [-0.3, -0.25) is 0 Å². The Bertz CT molecular complexity index is 960. The van der Waals surface area contributed by atoms with E-state index < -0.39 is 0 Å². The molecule has 4 rings (SSSR count). The minimum Gasteiger partial charge on any atom is -0.507 e. The quantitative estimate of drug-likeness (QED) is 0.741. The van der Waals surface area contributed by atoms with Crippen LogP contribution in [0.25, 0.3) is 22.3 Å². The number of hydrogen-bond acceptors (Lipinski definition) is 6. The molecule has 140 valence electrons. The van der Waals surface area contributed by atoms with Gasteiger partial charge in [0.1, 0.15) is 11.6 Å². The molecular weight excluding hydrogens is 366 g/mol. The van der Waals surface area contributed by atoms with Crippen molar-refractivity contribution in [2.75, 3.05) is 38.3 Å². The summed E-state index contributed by atoms with van der Waals surface area (Å²) >= 11 is 6.18. The number of anilines is 1. The predicted octanol–water partition coefficient (Wildman–Crippen LogP) is 3.51. The number of phenolic OH excluding ortho intramolecular Hbond substituents is 1. The van der Waals surface area contributed by atoms with Crippen molar-refractivity contribution in [1.82, 2.24) is 9.97 Å². The minimum absolute atomic E-state index is 0.0188. The number of nitrogens with zero attached hydrogens (tertiary/aromatic N) is 3. The second-order valence-electron chi connectivity index (χ2n) is 6.50. The lowest BCUT2D eigenvalue weighted by Crippen LogP contribution is -2.38. The van der Waals surface area contributed by atoms with Crippen molar-refractivity contribution in [2.45, 2.75) is 6.10 Å². The van der Waals surface area contributed by atoms with Crippen LogP contribution in [0.4, 0.5) is 5.82 Å². The smallest absolute Gasteiger partial charge is 0.165 e. The Morgan fingerprint density at radius 2 is 2.04 bits per heavy atom. The molecule has 1 N–H and O–H groups in total. The molecule has 0 saturated carbocycles. The third-order valence-electron chi connectivity index (χ3n) is 4.51. The molecule has 6 nitrogen and oxygen atoms in total. The molecule has 1 atom stereocenters. The number of halogens is 1. The molecule has 0 bridgehead atoms. The summed E-state index contributed by atoms with van der Waals surface area (Å²) in [5.41, 5.74) is 1.30. The first-order chi connectivity index (χ1) is 13.1. The Kier molecular flexibility index (Phi) is 5.11. The van der Waals surface area contributed by atoms with Crippen LogP contribution in [0.2, 0.25) is 5.02 Å². The molecule has 1 unspecified atom stereocenters. The zero-order chi connectivity index (χ0) is 18.8. The number of aromatic nitrogens is 2. The summed E-state index contributed by atoms with van der Waals surface area (Å²) in [6, 6.07) is 12.6. The molecule has 0 radical (unpaired) electrons. The number of phenols is 1. The van der Waals surface area contributed by atoms with E-state index >= 15 is 0 Å². The summed E-state index contributed by atoms with van der Waals surface area (Å²) in [5, 5.41) is 11.7. The Hall–Kier alpha value is -2.41. The van der Waals surface area contributed by atoms with Crippen LogP contribution in [0.15, 0.2) is 42.5 Å². The minimum atomic E-state index is -0.0188. The molecule has 1 fully saturated rings. The van der Waals surface area contributed by atoms with E-state index in [1.807, 2.05) is 30.1 Å². The Labute approximate surface area is 162 Å². The summed E-state index contributed by atoms with van der Waals surface area (Å²) in [7, 11) is 1.96. The molecule has 27 heavy (non-hydrogen) atoms. The standard InChI is InChI=1S/C20H20ClN3O3/c1-24(11-14-12-26-8-9-27-14)20-15-7-6-13(21)10-17(15)22-19(23-20)16-4-2-3-5-18(16)25/h2-7,10,14,25H,8-9,11-12H2,1H3. The van der Waals surface area contributed by atoms with Gasteiger partial charge in [-0.15, -0.1) is 0 Å². The lowest BCUT2D eigenvalue weighted by Gasteiger charge is -2.28. The highest BCUT2D eigenvalue weighted by atomic mass is 35.5. The van der Waals surface area contributed by atoms with Gasteiger partial charge in [0.2, 0.25) is 0 Å². The van der Waals surface area contributed by atoms with Gasteiger partial charge < -0.3 is 19.5 Å². The molecule has 1 aliphatic rings. The predicted molar refractivity (Wildman–Crippen MR) is 105 cm³/mol. The van der Waals surface area contributed by atoms with Crippen molar-refractivity contribution in [2.24, 2.45) is 0 Å². The lowest BCUT2D eigenvalue weighted by molar-refractivity contribution is -0.0837. The van der Waals surface area contributed by atoms with Crippen LogP contribution in [0.3, 0.4) is 0 Å². The summed E-state index contributed by atoms with van der Waals surface area (Å²) in [6.45, 7) is 2.43. The normalized spacial score (nSPS) is 17.2. The van der Waals surface area contributed by atoms with Gasteiger partial charge in [0.15, 0.2) is 5.82 Å². The van der Waals surface area contributed by atoms with Gasteiger partial charge in [-0.25, -0.2) is 9.97 Å². The Morgan fingerprint density at radius 3 is 2.81 bits per heavy atom. The average molecular weight is 386 g/mol.